The van der Waals surface area contributed by atoms with Crippen molar-refractivity contribution in [2.24, 2.45) is 11.7 Å². The van der Waals surface area contributed by atoms with E-state index in [1.54, 1.807) is 0 Å². The molecule has 0 radical (unpaired) electrons. The van der Waals surface area contributed by atoms with E-state index < -0.39 is 0 Å². The molecule has 0 saturated heterocycles. The molecule has 3 heteroatoms. The largest absolute Gasteiger partial charge is 0.335 e. The minimum absolute atomic E-state index is 0.182. The number of fused-ring (bicyclic) bond motifs is 1. The molecule has 0 bridgehead atoms. The number of imidazole rings is 1. The zero-order valence-electron chi connectivity index (χ0n) is 7.74. The molecule has 1 unspecified atom stereocenters. The summed E-state index contributed by atoms with van der Waals surface area (Å²) in [6.45, 7) is 1.09. The fourth-order valence-electron chi connectivity index (χ4n) is 2.39. The van der Waals surface area contributed by atoms with Crippen LogP contribution in [0.2, 0.25) is 0 Å². The summed E-state index contributed by atoms with van der Waals surface area (Å²) in [6.07, 6.45) is 8.76. The van der Waals surface area contributed by atoms with Crippen molar-refractivity contribution in [3.05, 3.63) is 18.2 Å². The van der Waals surface area contributed by atoms with Crippen LogP contribution in [0.15, 0.2) is 12.4 Å². The molecule has 2 aliphatic rings. The Balaban J connectivity index is 1.84. The van der Waals surface area contributed by atoms with E-state index in [-0.39, 0.29) is 5.54 Å². The van der Waals surface area contributed by atoms with E-state index in [2.05, 4.69) is 15.7 Å². The van der Waals surface area contributed by atoms with Crippen LogP contribution in [0.5, 0.6) is 0 Å². The first-order chi connectivity index (χ1) is 6.28. The van der Waals surface area contributed by atoms with Gasteiger partial charge in [-0.05, 0) is 25.2 Å². The molecule has 0 aromatic carbocycles. The van der Waals surface area contributed by atoms with Crippen molar-refractivity contribution in [1.29, 1.82) is 0 Å². The van der Waals surface area contributed by atoms with Gasteiger partial charge in [0.15, 0.2) is 0 Å². The second-order valence-electron chi connectivity index (χ2n) is 4.46. The highest BCUT2D eigenvalue weighted by molar-refractivity contribution is 5.08. The van der Waals surface area contributed by atoms with Gasteiger partial charge in [-0.1, -0.05) is 0 Å². The van der Waals surface area contributed by atoms with E-state index >= 15 is 0 Å². The molecule has 3 rings (SSSR count). The Kier molecular flexibility index (Phi) is 1.37. The van der Waals surface area contributed by atoms with Crippen LogP contribution in [-0.2, 0) is 13.0 Å². The predicted molar refractivity (Wildman–Crippen MR) is 50.2 cm³/mol. The van der Waals surface area contributed by atoms with E-state index in [0.717, 1.165) is 13.0 Å². The maximum absolute atomic E-state index is 6.21. The van der Waals surface area contributed by atoms with Crippen molar-refractivity contribution < 1.29 is 0 Å². The van der Waals surface area contributed by atoms with Gasteiger partial charge in [0, 0.05) is 30.9 Å². The number of nitrogens with two attached hydrogens (primary N) is 1. The summed E-state index contributed by atoms with van der Waals surface area (Å²) in [4.78, 5) is 4.32. The molecule has 1 saturated carbocycles. The molecular formula is C10H15N3. The van der Waals surface area contributed by atoms with Gasteiger partial charge in [0.05, 0.1) is 0 Å². The van der Waals surface area contributed by atoms with Crippen molar-refractivity contribution >= 4 is 0 Å². The molecule has 2 heterocycles. The standard InChI is InChI=1S/C10H15N3/c11-10(3-4-10)8-1-2-9-12-5-6-13(9)7-8/h5-6,8H,1-4,7,11H2. The lowest BCUT2D eigenvalue weighted by Crippen LogP contribution is -2.38. The van der Waals surface area contributed by atoms with Crippen LogP contribution in [0.1, 0.15) is 25.1 Å². The maximum atomic E-state index is 6.21. The van der Waals surface area contributed by atoms with E-state index in [1.165, 1.54) is 25.1 Å². The summed E-state index contributed by atoms with van der Waals surface area (Å²) in [7, 11) is 0. The third kappa shape index (κ3) is 1.10. The van der Waals surface area contributed by atoms with Gasteiger partial charge >= 0.3 is 0 Å². The van der Waals surface area contributed by atoms with Crippen molar-refractivity contribution in [2.45, 2.75) is 37.8 Å². The second-order valence-corrected chi connectivity index (χ2v) is 4.46. The predicted octanol–water partition coefficient (Wildman–Crippen LogP) is 0.937. The highest BCUT2D eigenvalue weighted by atomic mass is 15.1. The van der Waals surface area contributed by atoms with Gasteiger partial charge in [0.25, 0.3) is 0 Å². The Morgan fingerprint density at radius 1 is 1.54 bits per heavy atom. The van der Waals surface area contributed by atoms with Gasteiger partial charge < -0.3 is 10.3 Å². The molecule has 13 heavy (non-hydrogen) atoms. The number of aromatic nitrogens is 2. The Morgan fingerprint density at radius 3 is 3.15 bits per heavy atom. The Labute approximate surface area is 78.0 Å². The summed E-state index contributed by atoms with van der Waals surface area (Å²) in [5, 5.41) is 0. The zero-order chi connectivity index (χ0) is 8.89. The van der Waals surface area contributed by atoms with E-state index in [9.17, 15) is 0 Å². The zero-order valence-corrected chi connectivity index (χ0v) is 7.74. The van der Waals surface area contributed by atoms with Crippen LogP contribution >= 0.6 is 0 Å². The molecule has 1 aromatic rings. The average Bonchev–Trinajstić information content (AvgIpc) is 2.74. The molecular weight excluding hydrogens is 162 g/mol. The van der Waals surface area contributed by atoms with Gasteiger partial charge in [0.2, 0.25) is 0 Å². The van der Waals surface area contributed by atoms with E-state index in [4.69, 9.17) is 5.73 Å². The highest BCUT2D eigenvalue weighted by Gasteiger charge is 2.46. The molecule has 1 fully saturated rings. The van der Waals surface area contributed by atoms with Crippen LogP contribution in [0, 0.1) is 5.92 Å². The lowest BCUT2D eigenvalue weighted by Gasteiger charge is -2.28. The van der Waals surface area contributed by atoms with Crippen molar-refractivity contribution in [3.63, 3.8) is 0 Å². The third-order valence-electron chi connectivity index (χ3n) is 3.58. The number of hydrogen-bond acceptors (Lipinski definition) is 2. The SMILES string of the molecule is NC1(C2CCc3nccn3C2)CC1. The maximum Gasteiger partial charge on any atom is 0.108 e. The van der Waals surface area contributed by atoms with Gasteiger partial charge in [-0.3, -0.25) is 0 Å². The fourth-order valence-corrected chi connectivity index (χ4v) is 2.39. The average molecular weight is 177 g/mol. The minimum atomic E-state index is 0.182. The fraction of sp³-hybridized carbons (Fsp3) is 0.700. The number of aryl methyl sites for hydroxylation is 1. The van der Waals surface area contributed by atoms with Crippen LogP contribution in [0.25, 0.3) is 0 Å². The minimum Gasteiger partial charge on any atom is -0.335 e. The van der Waals surface area contributed by atoms with Crippen molar-refractivity contribution in [1.82, 2.24) is 9.55 Å². The molecule has 3 nitrogen and oxygen atoms in total. The molecule has 0 spiro atoms. The lowest BCUT2D eigenvalue weighted by atomic mass is 9.90. The van der Waals surface area contributed by atoms with Crippen molar-refractivity contribution in [3.8, 4) is 0 Å². The molecule has 1 atom stereocenters. The van der Waals surface area contributed by atoms with Crippen LogP contribution in [-0.4, -0.2) is 15.1 Å². The normalized spacial score (nSPS) is 29.8. The molecule has 0 amide bonds. The summed E-state index contributed by atoms with van der Waals surface area (Å²) in [6, 6.07) is 0. The van der Waals surface area contributed by atoms with Gasteiger partial charge in [-0.25, -0.2) is 4.98 Å². The van der Waals surface area contributed by atoms with Crippen LogP contribution < -0.4 is 5.73 Å². The summed E-state index contributed by atoms with van der Waals surface area (Å²) >= 11 is 0. The summed E-state index contributed by atoms with van der Waals surface area (Å²) in [5.41, 5.74) is 6.40. The Bertz CT molecular complexity index is 325. The smallest absolute Gasteiger partial charge is 0.108 e. The van der Waals surface area contributed by atoms with Crippen molar-refractivity contribution in [2.75, 3.05) is 0 Å². The van der Waals surface area contributed by atoms with E-state index in [0.29, 0.717) is 5.92 Å². The van der Waals surface area contributed by atoms with Gasteiger partial charge in [0.1, 0.15) is 5.82 Å². The first-order valence-electron chi connectivity index (χ1n) is 5.07. The molecule has 2 N–H and O–H groups in total. The second kappa shape index (κ2) is 2.35. The quantitative estimate of drug-likeness (QED) is 0.693. The van der Waals surface area contributed by atoms with Crippen LogP contribution in [0.4, 0.5) is 0 Å². The first-order valence-corrected chi connectivity index (χ1v) is 5.07. The molecule has 70 valence electrons. The van der Waals surface area contributed by atoms with Gasteiger partial charge in [-0.2, -0.15) is 0 Å². The monoisotopic (exact) mass is 177 g/mol. The molecule has 1 aliphatic carbocycles. The van der Waals surface area contributed by atoms with Gasteiger partial charge in [-0.15, -0.1) is 0 Å². The number of nitrogens with zero attached hydrogens (tertiary/aromatic N) is 2. The Morgan fingerprint density at radius 2 is 2.38 bits per heavy atom. The lowest BCUT2D eigenvalue weighted by molar-refractivity contribution is 0.295. The molecule has 1 aromatic heterocycles. The summed E-state index contributed by atoms with van der Waals surface area (Å²) in [5.74, 6) is 1.93. The van der Waals surface area contributed by atoms with E-state index in [1.807, 2.05) is 6.20 Å². The number of rotatable bonds is 1. The third-order valence-corrected chi connectivity index (χ3v) is 3.58. The molecule has 1 aliphatic heterocycles. The number of hydrogen-bond donors (Lipinski definition) is 1. The summed E-state index contributed by atoms with van der Waals surface area (Å²) < 4.78 is 2.26. The first kappa shape index (κ1) is 7.56. The Hall–Kier alpha value is -0.830. The highest BCUT2D eigenvalue weighted by Crippen LogP contribution is 2.43. The van der Waals surface area contributed by atoms with Crippen LogP contribution in [0.3, 0.4) is 0 Å². The topological polar surface area (TPSA) is 43.8 Å².